The predicted octanol–water partition coefficient (Wildman–Crippen LogP) is -0.171. The van der Waals surface area contributed by atoms with Gasteiger partial charge in [-0.25, -0.2) is 13.6 Å². The van der Waals surface area contributed by atoms with Gasteiger partial charge in [0.05, 0.1) is 29.7 Å². The molecule has 0 saturated carbocycles. The number of carbonyl (C=O) groups excluding carboxylic acids is 3. The van der Waals surface area contributed by atoms with Gasteiger partial charge in [0.2, 0.25) is 15.6 Å². The first-order valence-corrected chi connectivity index (χ1v) is 14.1. The van der Waals surface area contributed by atoms with E-state index in [-0.39, 0.29) is 23.6 Å². The topological polar surface area (TPSA) is 229 Å². The van der Waals surface area contributed by atoms with Crippen molar-refractivity contribution in [2.24, 2.45) is 16.0 Å². The Labute approximate surface area is 254 Å². The van der Waals surface area contributed by atoms with Gasteiger partial charge in [0.25, 0.3) is 11.7 Å². The number of amides is 1. The van der Waals surface area contributed by atoms with Crippen LogP contribution in [-0.2, 0) is 34.0 Å². The molecule has 0 aliphatic carbocycles. The molecule has 1 unspecified atom stereocenters. The molecule has 238 valence electrons. The monoisotopic (exact) mass is 649 g/mol. The third-order valence-electron chi connectivity index (χ3n) is 6.25. The van der Waals surface area contributed by atoms with Gasteiger partial charge >= 0.3 is 12.1 Å². The summed E-state index contributed by atoms with van der Waals surface area (Å²) < 4.78 is 59.7. The van der Waals surface area contributed by atoms with Gasteiger partial charge in [0, 0.05) is 17.7 Å². The molecule has 3 aromatic carbocycles. The number of hydrogen-bond donors (Lipinski definition) is 4. The highest BCUT2D eigenvalue weighted by atomic mass is 32.2. The van der Waals surface area contributed by atoms with Crippen LogP contribution in [0.1, 0.15) is 24.0 Å². The second-order valence-corrected chi connectivity index (χ2v) is 11.0. The van der Waals surface area contributed by atoms with Crippen LogP contribution >= 0.6 is 0 Å². The van der Waals surface area contributed by atoms with Crippen LogP contribution in [0.2, 0.25) is 0 Å². The zero-order valence-electron chi connectivity index (χ0n) is 23.3. The molecule has 7 N–H and O–H groups in total. The highest BCUT2D eigenvalue weighted by molar-refractivity contribution is 7.89. The smallest absolute Gasteiger partial charge is 0.430 e. The lowest BCUT2D eigenvalue weighted by molar-refractivity contribution is -0.344. The molecule has 1 amide bonds. The van der Waals surface area contributed by atoms with E-state index in [9.17, 15) is 31.2 Å². The minimum absolute atomic E-state index is 0.000299. The van der Waals surface area contributed by atoms with Gasteiger partial charge in [0.1, 0.15) is 5.97 Å². The highest BCUT2D eigenvalue weighted by Crippen LogP contribution is 2.33. The first-order valence-electron chi connectivity index (χ1n) is 12.6. The van der Waals surface area contributed by atoms with Crippen molar-refractivity contribution >= 4 is 45.1 Å². The van der Waals surface area contributed by atoms with Crippen molar-refractivity contribution < 1.29 is 56.1 Å². The molecule has 17 heteroatoms. The minimum atomic E-state index is -5.19. The highest BCUT2D eigenvalue weighted by Gasteiger charge is 2.49. The molecule has 1 aliphatic rings. The van der Waals surface area contributed by atoms with Gasteiger partial charge in [-0.15, -0.1) is 0 Å². The molecule has 13 nitrogen and oxygen atoms in total. The molecule has 1 heterocycles. The van der Waals surface area contributed by atoms with Gasteiger partial charge in [-0.3, -0.25) is 20.7 Å². The van der Waals surface area contributed by atoms with Crippen LogP contribution in [0.25, 0.3) is 11.1 Å². The number of aliphatic carboxylic acids is 1. The number of esters is 1. The number of hydrogen-bond acceptors (Lipinski definition) is 9. The second-order valence-electron chi connectivity index (χ2n) is 9.48. The van der Waals surface area contributed by atoms with Crippen molar-refractivity contribution in [3.63, 3.8) is 0 Å². The summed E-state index contributed by atoms with van der Waals surface area (Å²) in [6.45, 7) is 0. The maximum absolute atomic E-state index is 13.4. The molecule has 0 spiro atoms. The number of anilines is 1. The number of halogens is 3. The van der Waals surface area contributed by atoms with E-state index in [0.717, 1.165) is 0 Å². The molecule has 0 aromatic heterocycles. The molecule has 1 aliphatic heterocycles. The maximum Gasteiger partial charge on any atom is 0.430 e. The van der Waals surface area contributed by atoms with E-state index in [1.807, 2.05) is 0 Å². The summed E-state index contributed by atoms with van der Waals surface area (Å²) in [5, 5.41) is 26.6. The number of sulfonamides is 1. The summed E-state index contributed by atoms with van der Waals surface area (Å²) >= 11 is 0. The standard InChI is InChI=1S/C26H25N5O6S.C2HF3O2/c1-36-23(32)15-26(14-22(31-37-26)18-5-2-6-19(12-18)24(27)28)25(33)30-20-10-8-16(9-11-20)17-4-3-7-21(13-17)38(29,34)35;3-2(4,5)1(6)7/h2-13H,14-15H2,1H3,(H3,27,28)(H,30,33)(H2,29,34,35);(H,6,7). The molecular formula is C28H26F3N5O8S. The number of carboxylic acids is 1. The summed E-state index contributed by atoms with van der Waals surface area (Å²) in [4.78, 5) is 40.0. The number of carbonyl (C=O) groups is 3. The number of ether oxygens (including phenoxy) is 1. The lowest BCUT2D eigenvalue weighted by Crippen LogP contribution is -2.46. The van der Waals surface area contributed by atoms with Crippen LogP contribution < -0.4 is 26.7 Å². The van der Waals surface area contributed by atoms with Crippen molar-refractivity contribution in [3.8, 4) is 11.1 Å². The van der Waals surface area contributed by atoms with E-state index in [1.165, 1.54) is 19.2 Å². The molecule has 0 radical (unpaired) electrons. The zero-order valence-corrected chi connectivity index (χ0v) is 24.1. The number of nitrogens with zero attached hydrogens (tertiary/aromatic N) is 1. The average Bonchev–Trinajstić information content (AvgIpc) is 3.42. The van der Waals surface area contributed by atoms with E-state index in [4.69, 9.17) is 35.8 Å². The Morgan fingerprint density at radius 2 is 1.64 bits per heavy atom. The number of methoxy groups -OCH3 is 1. The van der Waals surface area contributed by atoms with E-state index in [2.05, 4.69) is 10.5 Å². The predicted molar refractivity (Wildman–Crippen MR) is 151 cm³/mol. The van der Waals surface area contributed by atoms with E-state index in [1.54, 1.807) is 60.7 Å². The average molecular weight is 650 g/mol. The molecule has 0 fully saturated rings. The van der Waals surface area contributed by atoms with Gasteiger partial charge in [-0.2, -0.15) is 13.2 Å². The zero-order chi connectivity index (χ0) is 33.6. The van der Waals surface area contributed by atoms with Crippen LogP contribution in [0.15, 0.2) is 82.8 Å². The molecule has 0 bridgehead atoms. The summed E-state index contributed by atoms with van der Waals surface area (Å²) in [5.74, 6) is -4.11. The number of alkyl halides is 3. The summed E-state index contributed by atoms with van der Waals surface area (Å²) in [6.07, 6.45) is -5.56. The Balaban J connectivity index is 0.000000707. The third kappa shape index (κ3) is 8.87. The summed E-state index contributed by atoms with van der Waals surface area (Å²) in [7, 11) is -2.63. The second kappa shape index (κ2) is 13.6. The van der Waals surface area contributed by atoms with Crippen molar-refractivity contribution in [2.45, 2.75) is 29.5 Å². The SMILES string of the molecule is COC(=O)CC1(C(=O)Nc2ccc(-c3cccc(S(N)(=O)=O)c3)cc2)CC(c2cccc(C(N)=[NH2+])c2)=NO1.O=C([O-])C(F)(F)F. The van der Waals surface area contributed by atoms with Crippen molar-refractivity contribution in [1.82, 2.24) is 0 Å². The van der Waals surface area contributed by atoms with E-state index >= 15 is 0 Å². The van der Waals surface area contributed by atoms with Crippen molar-refractivity contribution in [2.75, 3.05) is 12.4 Å². The first kappa shape index (κ1) is 34.2. The number of carboxylic acid groups (broad SMARTS) is 1. The molecule has 0 saturated heterocycles. The normalized spacial score (nSPS) is 15.9. The lowest BCUT2D eigenvalue weighted by Gasteiger charge is -2.24. The number of oxime groups is 1. The number of benzene rings is 3. The Morgan fingerprint density at radius 3 is 2.20 bits per heavy atom. The number of rotatable bonds is 8. The van der Waals surface area contributed by atoms with E-state index < -0.39 is 39.6 Å². The van der Waals surface area contributed by atoms with Crippen molar-refractivity contribution in [1.29, 1.82) is 0 Å². The fraction of sp³-hybridized carbons (Fsp3) is 0.179. The largest absolute Gasteiger partial charge is 0.542 e. The van der Waals surface area contributed by atoms with Gasteiger partial charge in [-0.1, -0.05) is 41.6 Å². The fourth-order valence-electron chi connectivity index (χ4n) is 3.96. The Bertz CT molecular complexity index is 1760. The van der Waals surface area contributed by atoms with Crippen LogP contribution in [0.3, 0.4) is 0 Å². The Kier molecular flexibility index (Phi) is 10.3. The number of nitrogens with two attached hydrogens (primary N) is 3. The molecular weight excluding hydrogens is 623 g/mol. The lowest BCUT2D eigenvalue weighted by atomic mass is 9.89. The summed E-state index contributed by atoms with van der Waals surface area (Å²) in [5.41, 5.74) is 7.49. The van der Waals surface area contributed by atoms with Gasteiger partial charge in [-0.05, 0) is 47.5 Å². The Morgan fingerprint density at radius 1 is 1.04 bits per heavy atom. The molecule has 3 aromatic rings. The number of primary sulfonamides is 1. The number of nitrogens with one attached hydrogen (secondary N) is 1. The van der Waals surface area contributed by atoms with Gasteiger partial charge in [0.15, 0.2) is 0 Å². The van der Waals surface area contributed by atoms with Crippen LogP contribution in [0.5, 0.6) is 0 Å². The van der Waals surface area contributed by atoms with E-state index in [0.29, 0.717) is 33.7 Å². The van der Waals surface area contributed by atoms with Crippen molar-refractivity contribution in [3.05, 3.63) is 83.9 Å². The van der Waals surface area contributed by atoms with Crippen LogP contribution in [0, 0.1) is 0 Å². The third-order valence-corrected chi connectivity index (χ3v) is 7.17. The number of amidine groups is 1. The quantitative estimate of drug-likeness (QED) is 0.144. The van der Waals surface area contributed by atoms with Crippen LogP contribution in [-0.4, -0.2) is 56.7 Å². The molecule has 1 atom stereocenters. The Hall–Kier alpha value is -5.29. The van der Waals surface area contributed by atoms with Crippen LogP contribution in [0.4, 0.5) is 18.9 Å². The molecule has 4 rings (SSSR count). The summed E-state index contributed by atoms with van der Waals surface area (Å²) in [6, 6.07) is 19.9. The fourth-order valence-corrected chi connectivity index (χ4v) is 4.52. The van der Waals surface area contributed by atoms with Gasteiger partial charge < -0.3 is 24.8 Å². The first-order chi connectivity index (χ1) is 20.9. The maximum atomic E-state index is 13.4. The minimum Gasteiger partial charge on any atom is -0.542 e. The molecule has 45 heavy (non-hydrogen) atoms.